The number of allylic oxidation sites excluding steroid dienone is 15. The average Bonchev–Trinajstić information content (AvgIpc) is 3.48. The molecule has 0 spiro atoms. The maximum atomic E-state index is 13.2. The van der Waals surface area contributed by atoms with Crippen LogP contribution in [0.4, 0.5) is 0 Å². The minimum Gasteiger partial charge on any atom is -0.394 e. The lowest BCUT2D eigenvalue weighted by Crippen LogP contribution is -2.66. The van der Waals surface area contributed by atoms with Crippen LogP contribution in [0.15, 0.2) is 97.2 Å². The fourth-order valence-corrected chi connectivity index (χ4v) is 8.90. The Hall–Kier alpha value is -3.29. The van der Waals surface area contributed by atoms with Gasteiger partial charge >= 0.3 is 0 Å². The summed E-state index contributed by atoms with van der Waals surface area (Å²) in [6.45, 7) is 1.44. The van der Waals surface area contributed by atoms with Gasteiger partial charge in [-0.2, -0.15) is 0 Å². The van der Waals surface area contributed by atoms with Crippen molar-refractivity contribution in [3.05, 3.63) is 97.2 Å². The van der Waals surface area contributed by atoms with E-state index in [0.717, 1.165) is 103 Å². The second kappa shape index (κ2) is 41.7. The number of amides is 1. The molecule has 78 heavy (non-hydrogen) atoms. The highest BCUT2D eigenvalue weighted by Gasteiger charge is 2.53. The lowest BCUT2D eigenvalue weighted by Gasteiger charge is -2.48. The summed E-state index contributed by atoms with van der Waals surface area (Å²) in [6, 6.07) is -1.00. The Morgan fingerprint density at radius 1 is 0.474 bits per heavy atom. The summed E-state index contributed by atoms with van der Waals surface area (Å²) in [4.78, 5) is 13.2. The van der Waals surface area contributed by atoms with E-state index in [0.29, 0.717) is 12.8 Å². The van der Waals surface area contributed by atoms with Crippen molar-refractivity contribution < 1.29 is 89.4 Å². The predicted octanol–water partition coefficient (Wildman–Crippen LogP) is 4.20. The molecule has 0 aromatic heterocycles. The molecule has 0 radical (unpaired) electrons. The van der Waals surface area contributed by atoms with Crippen molar-refractivity contribution in [2.24, 2.45) is 0 Å². The Labute approximate surface area is 463 Å². The number of ether oxygens (including phenoxy) is 6. The second-order valence-corrected chi connectivity index (χ2v) is 20.0. The van der Waals surface area contributed by atoms with Gasteiger partial charge in [-0.25, -0.2) is 0 Å². The fraction of sp³-hybridized carbons (Fsp3) is 0.712. The summed E-state index contributed by atoms with van der Waals surface area (Å²) in [5.41, 5.74) is 0. The van der Waals surface area contributed by atoms with Gasteiger partial charge in [0.25, 0.3) is 0 Å². The summed E-state index contributed by atoms with van der Waals surface area (Å²) in [6.07, 6.45) is 24.3. The van der Waals surface area contributed by atoms with Crippen LogP contribution in [0.1, 0.15) is 136 Å². The first-order valence-corrected chi connectivity index (χ1v) is 28.5. The van der Waals surface area contributed by atoms with Gasteiger partial charge in [0.1, 0.15) is 73.2 Å². The van der Waals surface area contributed by atoms with Gasteiger partial charge in [-0.15, -0.1) is 0 Å². The first kappa shape index (κ1) is 69.0. The SMILES string of the molecule is CC/C=C\C/C=C\C/C=C\C/C=C\C/C=C\C/C=C\CCCCCCCCC(=O)NC(COC1OC(CO)C(OC2OC(CO)C(OC3OC(CO)C(O)C(O)C3O)C(O)C2O)C(O)C1O)C(O)/C=C/CC/C=C/CCCC. The number of aliphatic hydroxyl groups is 11. The second-order valence-electron chi connectivity index (χ2n) is 20.0. The van der Waals surface area contributed by atoms with Crippen LogP contribution in [0.2, 0.25) is 0 Å². The highest BCUT2D eigenvalue weighted by Crippen LogP contribution is 2.33. The lowest BCUT2D eigenvalue weighted by atomic mass is 9.96. The molecule has 3 aliphatic heterocycles. The predicted molar refractivity (Wildman–Crippen MR) is 295 cm³/mol. The summed E-state index contributed by atoms with van der Waals surface area (Å²) in [5.74, 6) is -0.311. The molecule has 0 saturated carbocycles. The molecule has 0 aromatic carbocycles. The first-order chi connectivity index (χ1) is 37.8. The van der Waals surface area contributed by atoms with Crippen LogP contribution in [0.5, 0.6) is 0 Å². The summed E-state index contributed by atoms with van der Waals surface area (Å²) in [5, 5.41) is 120. The number of aliphatic hydroxyl groups excluding tert-OH is 11. The van der Waals surface area contributed by atoms with Crippen molar-refractivity contribution in [2.45, 2.75) is 240 Å². The standard InChI is InChI=1S/C59H97NO18/c1-3-5-7-9-11-13-14-15-16-17-18-19-20-21-22-23-24-25-26-27-28-29-31-33-35-37-47(65)60-42(43(64)36-34-32-30-12-10-8-6-4-2)41-73-57-53(71)50(68)55(45(39-62)75-57)78-59-54(72)51(69)56(46(40-63)76-59)77-58-52(70)49(67)48(66)44(38-61)74-58/h5,7,10-13,15-16,18-19,21-22,24-25,34,36,42-46,48-59,61-64,66-72H,3-4,6,8-9,14,17,20,23,26-33,35,37-41H2,1-2H3,(H,60,65)/b7-5-,12-10+,13-11-,16-15-,19-18-,22-21-,25-24-,36-34+. The van der Waals surface area contributed by atoms with E-state index in [4.69, 9.17) is 28.4 Å². The molecule has 12 N–H and O–H groups in total. The third kappa shape index (κ3) is 25.7. The zero-order chi connectivity index (χ0) is 56.9. The summed E-state index contributed by atoms with van der Waals surface area (Å²) < 4.78 is 34.1. The van der Waals surface area contributed by atoms with Crippen LogP contribution >= 0.6 is 0 Å². The number of hydrogen-bond donors (Lipinski definition) is 12. The molecular weight excluding hydrogens is 1010 g/mol. The zero-order valence-electron chi connectivity index (χ0n) is 46.1. The number of nitrogens with one attached hydrogen (secondary N) is 1. The molecule has 3 rings (SSSR count). The minimum absolute atomic E-state index is 0.211. The van der Waals surface area contributed by atoms with E-state index in [1.54, 1.807) is 12.2 Å². The molecule has 17 atom stereocenters. The summed E-state index contributed by atoms with van der Waals surface area (Å²) in [7, 11) is 0. The van der Waals surface area contributed by atoms with E-state index in [1.807, 2.05) is 0 Å². The van der Waals surface area contributed by atoms with Gasteiger partial charge in [0, 0.05) is 6.42 Å². The van der Waals surface area contributed by atoms with Crippen LogP contribution in [-0.2, 0) is 33.2 Å². The zero-order valence-corrected chi connectivity index (χ0v) is 46.1. The van der Waals surface area contributed by atoms with Crippen LogP contribution in [0.25, 0.3) is 0 Å². The van der Waals surface area contributed by atoms with Crippen molar-refractivity contribution in [2.75, 3.05) is 26.4 Å². The largest absolute Gasteiger partial charge is 0.394 e. The minimum atomic E-state index is -1.99. The van der Waals surface area contributed by atoms with Crippen molar-refractivity contribution in [3.8, 4) is 0 Å². The molecule has 19 heteroatoms. The van der Waals surface area contributed by atoms with Crippen molar-refractivity contribution in [1.29, 1.82) is 0 Å². The molecule has 446 valence electrons. The average molecular weight is 1110 g/mol. The molecule has 0 bridgehead atoms. The van der Waals surface area contributed by atoms with Crippen LogP contribution < -0.4 is 5.32 Å². The normalized spacial score (nSPS) is 31.2. The molecular formula is C59H97NO18. The van der Waals surface area contributed by atoms with Crippen molar-refractivity contribution in [1.82, 2.24) is 5.32 Å². The van der Waals surface area contributed by atoms with E-state index in [1.165, 1.54) is 0 Å². The Balaban J connectivity index is 1.45. The maximum Gasteiger partial charge on any atom is 0.220 e. The smallest absolute Gasteiger partial charge is 0.220 e. The molecule has 19 nitrogen and oxygen atoms in total. The van der Waals surface area contributed by atoms with Crippen molar-refractivity contribution in [3.63, 3.8) is 0 Å². The first-order valence-electron chi connectivity index (χ1n) is 28.5. The molecule has 3 heterocycles. The van der Waals surface area contributed by atoms with E-state index >= 15 is 0 Å². The van der Waals surface area contributed by atoms with Gasteiger partial charge in [-0.05, 0) is 77.0 Å². The summed E-state index contributed by atoms with van der Waals surface area (Å²) >= 11 is 0. The van der Waals surface area contributed by atoms with Gasteiger partial charge in [-0.1, -0.05) is 150 Å². The number of unbranched alkanes of at least 4 members (excludes halogenated alkanes) is 9. The maximum absolute atomic E-state index is 13.2. The van der Waals surface area contributed by atoms with E-state index in [9.17, 15) is 61.0 Å². The Morgan fingerprint density at radius 2 is 0.897 bits per heavy atom. The quantitative estimate of drug-likeness (QED) is 0.0303. The van der Waals surface area contributed by atoms with E-state index < -0.39 is 124 Å². The van der Waals surface area contributed by atoms with Gasteiger partial charge < -0.3 is 89.9 Å². The van der Waals surface area contributed by atoms with Crippen LogP contribution in [-0.4, -0.2) is 193 Å². The van der Waals surface area contributed by atoms with E-state index in [-0.39, 0.29) is 18.9 Å². The molecule has 17 unspecified atom stereocenters. The number of rotatable bonds is 39. The third-order valence-electron chi connectivity index (χ3n) is 13.6. The topological polar surface area (TPSA) is 307 Å². The Bertz CT molecular complexity index is 1800. The van der Waals surface area contributed by atoms with Crippen LogP contribution in [0.3, 0.4) is 0 Å². The molecule has 3 saturated heterocycles. The Morgan fingerprint density at radius 3 is 1.44 bits per heavy atom. The molecule has 3 aliphatic rings. The molecule has 3 fully saturated rings. The molecule has 0 aliphatic carbocycles. The van der Waals surface area contributed by atoms with Gasteiger partial charge in [0.2, 0.25) is 5.91 Å². The third-order valence-corrected chi connectivity index (χ3v) is 13.6. The number of carbonyl (C=O) groups excluding carboxylic acids is 1. The molecule has 1 amide bonds. The lowest BCUT2D eigenvalue weighted by molar-refractivity contribution is -0.379. The number of carbonyl (C=O) groups is 1. The monoisotopic (exact) mass is 1110 g/mol. The van der Waals surface area contributed by atoms with E-state index in [2.05, 4.69) is 104 Å². The molecule has 0 aromatic rings. The van der Waals surface area contributed by atoms with Crippen LogP contribution in [0, 0.1) is 0 Å². The fourth-order valence-electron chi connectivity index (χ4n) is 8.90. The van der Waals surface area contributed by atoms with Gasteiger partial charge in [0.05, 0.1) is 38.6 Å². The van der Waals surface area contributed by atoms with Gasteiger partial charge in [-0.3, -0.25) is 4.79 Å². The highest BCUT2D eigenvalue weighted by molar-refractivity contribution is 5.76. The highest BCUT2D eigenvalue weighted by atomic mass is 16.8. The number of hydrogen-bond acceptors (Lipinski definition) is 18. The van der Waals surface area contributed by atoms with Crippen molar-refractivity contribution >= 4 is 5.91 Å². The van der Waals surface area contributed by atoms with Gasteiger partial charge in [0.15, 0.2) is 18.9 Å². The Kier molecular flexibility index (Phi) is 36.8.